The molecule has 0 heterocycles. The summed E-state index contributed by atoms with van der Waals surface area (Å²) < 4.78 is 1.22. The van der Waals surface area contributed by atoms with Gasteiger partial charge in [-0.05, 0) is 50.1 Å². The quantitative estimate of drug-likeness (QED) is 0.498. The topological polar surface area (TPSA) is 86.2 Å². The molecular formula is C10H8Br2N2O2. The Morgan fingerprint density at radius 1 is 1.12 bits per heavy atom. The Hall–Kier alpha value is -1.14. The van der Waals surface area contributed by atoms with Crippen molar-refractivity contribution in [1.82, 2.24) is 0 Å². The highest BCUT2D eigenvalue weighted by Crippen LogP contribution is 2.29. The number of amides is 1. The molecule has 0 saturated heterocycles. The molecule has 0 spiro atoms. The Labute approximate surface area is 109 Å². The van der Waals surface area contributed by atoms with Crippen LogP contribution in [0.15, 0.2) is 33.2 Å². The lowest BCUT2D eigenvalue weighted by Gasteiger charge is -2.03. The maximum absolute atomic E-state index is 11.6. The second-order valence-corrected chi connectivity index (χ2v) is 4.66. The van der Waals surface area contributed by atoms with E-state index < -0.39 is 5.91 Å². The van der Waals surface area contributed by atoms with E-state index >= 15 is 0 Å². The Bertz CT molecular complexity index is 461. The summed E-state index contributed by atoms with van der Waals surface area (Å²) >= 11 is 6.44. The van der Waals surface area contributed by atoms with Crippen LogP contribution in [0, 0.1) is 0 Å². The van der Waals surface area contributed by atoms with Gasteiger partial charge in [-0.1, -0.05) is 0 Å². The van der Waals surface area contributed by atoms with Crippen LogP contribution in [0.4, 0.5) is 5.69 Å². The van der Waals surface area contributed by atoms with Crippen molar-refractivity contribution in [2.75, 3.05) is 5.73 Å². The smallest absolute Gasteiger partial charge is 0.241 e. The average molecular weight is 348 g/mol. The molecule has 84 valence electrons. The van der Waals surface area contributed by atoms with E-state index in [1.54, 1.807) is 12.1 Å². The minimum absolute atomic E-state index is 0.319. The van der Waals surface area contributed by atoms with Crippen LogP contribution in [0.3, 0.4) is 0 Å². The third kappa shape index (κ3) is 3.18. The monoisotopic (exact) mass is 346 g/mol. The highest BCUT2D eigenvalue weighted by atomic mass is 79.9. The summed E-state index contributed by atoms with van der Waals surface area (Å²) in [6, 6.07) is 3.15. The van der Waals surface area contributed by atoms with Crippen LogP contribution in [0.5, 0.6) is 0 Å². The first kappa shape index (κ1) is 12.9. The molecule has 0 aromatic heterocycles. The second kappa shape index (κ2) is 5.27. The minimum Gasteiger partial charge on any atom is -0.397 e. The van der Waals surface area contributed by atoms with Crippen LogP contribution < -0.4 is 11.5 Å². The first-order valence-corrected chi connectivity index (χ1v) is 5.76. The first-order chi connectivity index (χ1) is 7.41. The predicted molar refractivity (Wildman–Crippen MR) is 68.9 cm³/mol. The van der Waals surface area contributed by atoms with Crippen molar-refractivity contribution < 1.29 is 9.59 Å². The third-order valence-corrected chi connectivity index (χ3v) is 3.07. The van der Waals surface area contributed by atoms with E-state index in [-0.39, 0.29) is 5.78 Å². The normalized spacial score (nSPS) is 10.6. The number of nitrogens with two attached hydrogens (primary N) is 2. The number of nitrogen functional groups attached to an aromatic ring is 1. The fraction of sp³-hybridized carbons (Fsp3) is 0. The zero-order chi connectivity index (χ0) is 12.3. The molecule has 0 radical (unpaired) electrons. The van der Waals surface area contributed by atoms with Gasteiger partial charge in [-0.3, -0.25) is 9.59 Å². The molecule has 1 aromatic rings. The Kier molecular flexibility index (Phi) is 4.26. The Morgan fingerprint density at radius 2 is 1.62 bits per heavy atom. The lowest BCUT2D eigenvalue weighted by Crippen LogP contribution is -2.07. The largest absolute Gasteiger partial charge is 0.397 e. The van der Waals surface area contributed by atoms with Crippen LogP contribution >= 0.6 is 31.9 Å². The summed E-state index contributed by atoms with van der Waals surface area (Å²) in [7, 11) is 0. The summed E-state index contributed by atoms with van der Waals surface area (Å²) in [5.41, 5.74) is 11.5. The lowest BCUT2D eigenvalue weighted by atomic mass is 10.1. The average Bonchev–Trinajstić information content (AvgIpc) is 2.21. The molecule has 4 nitrogen and oxygen atoms in total. The number of benzene rings is 1. The van der Waals surface area contributed by atoms with Crippen LogP contribution in [-0.2, 0) is 4.79 Å². The molecule has 1 amide bonds. The van der Waals surface area contributed by atoms with Gasteiger partial charge in [0.25, 0.3) is 0 Å². The van der Waals surface area contributed by atoms with E-state index in [2.05, 4.69) is 31.9 Å². The number of carbonyl (C=O) groups excluding carboxylic acids is 2. The van der Waals surface area contributed by atoms with Crippen LogP contribution in [-0.4, -0.2) is 11.7 Å². The van der Waals surface area contributed by atoms with Gasteiger partial charge in [-0.25, -0.2) is 0 Å². The fourth-order valence-electron chi connectivity index (χ4n) is 0.981. The summed E-state index contributed by atoms with van der Waals surface area (Å²) in [6.07, 6.45) is 2.13. The van der Waals surface area contributed by atoms with Gasteiger partial charge in [0.05, 0.1) is 5.69 Å². The molecule has 4 N–H and O–H groups in total. The number of allylic oxidation sites excluding steroid dienone is 1. The fourth-order valence-corrected chi connectivity index (χ4v) is 2.17. The molecule has 1 aromatic carbocycles. The Balaban J connectivity index is 3.06. The SMILES string of the molecule is NC(=O)C=CC(=O)c1cc(Br)c(N)c(Br)c1. The molecule has 0 fully saturated rings. The molecule has 0 aliphatic rings. The van der Waals surface area contributed by atoms with Gasteiger partial charge in [0, 0.05) is 20.6 Å². The zero-order valence-corrected chi connectivity index (χ0v) is 11.2. The molecule has 6 heteroatoms. The molecule has 0 unspecified atom stereocenters. The highest BCUT2D eigenvalue weighted by Gasteiger charge is 2.08. The molecule has 0 aliphatic heterocycles. The van der Waals surface area contributed by atoms with E-state index in [1.165, 1.54) is 0 Å². The number of ketones is 1. The van der Waals surface area contributed by atoms with Gasteiger partial charge >= 0.3 is 0 Å². The predicted octanol–water partition coefficient (Wildman–Crippen LogP) is 2.02. The van der Waals surface area contributed by atoms with Gasteiger partial charge in [0.2, 0.25) is 5.91 Å². The molecule has 0 saturated carbocycles. The van der Waals surface area contributed by atoms with E-state index in [0.29, 0.717) is 20.2 Å². The van der Waals surface area contributed by atoms with Crippen molar-refractivity contribution in [1.29, 1.82) is 0 Å². The standard InChI is InChI=1S/C10H8Br2N2O2/c11-6-3-5(4-7(12)10(6)14)8(15)1-2-9(13)16/h1-4H,14H2,(H2,13,16). The summed E-state index contributed by atoms with van der Waals surface area (Å²) in [6.45, 7) is 0. The zero-order valence-electron chi connectivity index (χ0n) is 8.04. The first-order valence-electron chi connectivity index (χ1n) is 4.18. The number of hydrogen-bond donors (Lipinski definition) is 2. The van der Waals surface area contributed by atoms with Crippen molar-refractivity contribution in [3.8, 4) is 0 Å². The van der Waals surface area contributed by atoms with E-state index in [4.69, 9.17) is 11.5 Å². The molecule has 1 rings (SSSR count). The van der Waals surface area contributed by atoms with E-state index in [0.717, 1.165) is 12.2 Å². The number of halogens is 2. The van der Waals surface area contributed by atoms with Gasteiger partial charge in [0.15, 0.2) is 5.78 Å². The maximum Gasteiger partial charge on any atom is 0.241 e. The van der Waals surface area contributed by atoms with E-state index in [1.807, 2.05) is 0 Å². The molecular weight excluding hydrogens is 340 g/mol. The number of primary amides is 1. The molecule has 16 heavy (non-hydrogen) atoms. The number of rotatable bonds is 3. The number of carbonyl (C=O) groups is 2. The van der Waals surface area contributed by atoms with Gasteiger partial charge in [-0.15, -0.1) is 0 Å². The number of hydrogen-bond acceptors (Lipinski definition) is 3. The van der Waals surface area contributed by atoms with Crippen molar-refractivity contribution in [3.05, 3.63) is 38.8 Å². The van der Waals surface area contributed by atoms with Crippen LogP contribution in [0.25, 0.3) is 0 Å². The van der Waals surface area contributed by atoms with E-state index in [9.17, 15) is 9.59 Å². The minimum atomic E-state index is -0.665. The van der Waals surface area contributed by atoms with Crippen molar-refractivity contribution in [2.45, 2.75) is 0 Å². The summed E-state index contributed by atoms with van der Waals surface area (Å²) in [5.74, 6) is -0.984. The van der Waals surface area contributed by atoms with Gasteiger partial charge in [0.1, 0.15) is 0 Å². The number of anilines is 1. The molecule has 0 atom stereocenters. The summed E-state index contributed by atoms with van der Waals surface area (Å²) in [4.78, 5) is 22.1. The molecule has 0 bridgehead atoms. The van der Waals surface area contributed by atoms with Crippen LogP contribution in [0.2, 0.25) is 0 Å². The van der Waals surface area contributed by atoms with Gasteiger partial charge in [-0.2, -0.15) is 0 Å². The maximum atomic E-state index is 11.6. The van der Waals surface area contributed by atoms with Gasteiger partial charge < -0.3 is 11.5 Å². The second-order valence-electron chi connectivity index (χ2n) is 2.95. The molecule has 0 aliphatic carbocycles. The van der Waals surface area contributed by atoms with Crippen molar-refractivity contribution >= 4 is 49.2 Å². The van der Waals surface area contributed by atoms with Crippen molar-refractivity contribution in [2.24, 2.45) is 5.73 Å². The van der Waals surface area contributed by atoms with Crippen molar-refractivity contribution in [3.63, 3.8) is 0 Å². The highest BCUT2D eigenvalue weighted by molar-refractivity contribution is 9.11. The Morgan fingerprint density at radius 3 is 2.06 bits per heavy atom. The van der Waals surface area contributed by atoms with Crippen LogP contribution in [0.1, 0.15) is 10.4 Å². The third-order valence-electron chi connectivity index (χ3n) is 1.76. The lowest BCUT2D eigenvalue weighted by molar-refractivity contribution is -0.113. The summed E-state index contributed by atoms with van der Waals surface area (Å²) in [5, 5.41) is 0.